The third-order valence-electron chi connectivity index (χ3n) is 2.77. The Morgan fingerprint density at radius 2 is 0.842 bits per heavy atom. The minimum atomic E-state index is -1.98. The summed E-state index contributed by atoms with van der Waals surface area (Å²) in [6.07, 6.45) is 0. The van der Waals surface area contributed by atoms with Gasteiger partial charge in [-0.15, -0.1) is 0 Å². The summed E-state index contributed by atoms with van der Waals surface area (Å²) in [5, 5.41) is 8.52. The quantitative estimate of drug-likeness (QED) is 0.739. The van der Waals surface area contributed by atoms with E-state index in [9.17, 15) is 4.80 Å². The standard InChI is InChI=1S/C9H22OSi.C4H10O.2H2O.Zr/c1-7(2)11(10,8(3)4)9(5)6;1-4(2,3)5;;;/h7-10H,1-6H3;5H,1-3H3;2*1H2;. The molecule has 4 nitrogen and oxygen atoms in total. The van der Waals surface area contributed by atoms with Gasteiger partial charge in [0.25, 0.3) is 0 Å². The van der Waals surface area contributed by atoms with Crippen LogP contribution in [0, 0.1) is 0 Å². The Bertz CT molecular complexity index is 164. The molecule has 0 heterocycles. The van der Waals surface area contributed by atoms with Crippen LogP contribution in [0.3, 0.4) is 0 Å². The van der Waals surface area contributed by atoms with E-state index in [1.165, 1.54) is 0 Å². The first-order valence-electron chi connectivity index (χ1n) is 6.28. The second-order valence-electron chi connectivity index (χ2n) is 6.52. The molecule has 6 heteroatoms. The Hall–Kier alpha value is 0.940. The van der Waals surface area contributed by atoms with Crippen LogP contribution in [0.2, 0.25) is 16.6 Å². The summed E-state index contributed by atoms with van der Waals surface area (Å²) >= 11 is 0. The molecule has 0 bridgehead atoms. The fraction of sp³-hybridized carbons (Fsp3) is 1.00. The summed E-state index contributed by atoms with van der Waals surface area (Å²) in [4.78, 5) is 10.4. The first-order chi connectivity index (χ1) is 6.83. The second-order valence-corrected chi connectivity index (χ2v) is 11.8. The second kappa shape index (κ2) is 12.7. The van der Waals surface area contributed by atoms with Crippen molar-refractivity contribution in [3.63, 3.8) is 0 Å². The van der Waals surface area contributed by atoms with Crippen LogP contribution >= 0.6 is 0 Å². The van der Waals surface area contributed by atoms with Crippen molar-refractivity contribution in [2.45, 2.75) is 84.5 Å². The molecule has 120 valence electrons. The minimum absolute atomic E-state index is 0. The molecule has 0 saturated carbocycles. The molecule has 0 radical (unpaired) electrons. The van der Waals surface area contributed by atoms with Gasteiger partial charge in [0.05, 0.1) is 5.60 Å². The Labute approximate surface area is 139 Å². The van der Waals surface area contributed by atoms with E-state index in [2.05, 4.69) is 41.5 Å². The molecule has 19 heavy (non-hydrogen) atoms. The van der Waals surface area contributed by atoms with Gasteiger partial charge in [-0.25, -0.2) is 0 Å². The predicted molar refractivity (Wildman–Crippen MR) is 82.5 cm³/mol. The van der Waals surface area contributed by atoms with Crippen molar-refractivity contribution in [1.82, 2.24) is 0 Å². The van der Waals surface area contributed by atoms with E-state index in [-0.39, 0.29) is 37.2 Å². The molecule has 6 N–H and O–H groups in total. The van der Waals surface area contributed by atoms with Gasteiger partial charge in [0, 0.05) is 26.2 Å². The van der Waals surface area contributed by atoms with E-state index in [0.29, 0.717) is 16.6 Å². The Morgan fingerprint density at radius 3 is 0.842 bits per heavy atom. The maximum Gasteiger partial charge on any atom is 0.196 e. The molecule has 0 fully saturated rings. The van der Waals surface area contributed by atoms with E-state index in [1.54, 1.807) is 20.8 Å². The molecule has 0 aliphatic rings. The summed E-state index contributed by atoms with van der Waals surface area (Å²) in [6.45, 7) is 18.1. The van der Waals surface area contributed by atoms with E-state index in [0.717, 1.165) is 0 Å². The molecule has 0 aliphatic heterocycles. The van der Waals surface area contributed by atoms with Crippen molar-refractivity contribution < 1.29 is 47.1 Å². The monoisotopic (exact) mass is 374 g/mol. The van der Waals surface area contributed by atoms with Crippen LogP contribution in [-0.4, -0.2) is 34.8 Å². The van der Waals surface area contributed by atoms with Crippen LogP contribution in [0.15, 0.2) is 0 Å². The third-order valence-corrected chi connectivity index (χ3v) is 8.32. The van der Waals surface area contributed by atoms with Gasteiger partial charge >= 0.3 is 0 Å². The van der Waals surface area contributed by atoms with Crippen molar-refractivity contribution in [3.8, 4) is 0 Å². The average molecular weight is 376 g/mol. The molecule has 0 unspecified atom stereocenters. The van der Waals surface area contributed by atoms with E-state index < -0.39 is 13.9 Å². The Morgan fingerprint density at radius 1 is 0.737 bits per heavy atom. The summed E-state index contributed by atoms with van der Waals surface area (Å²) in [7, 11) is -1.98. The minimum Gasteiger partial charge on any atom is -0.431 e. The molecule has 0 aromatic carbocycles. The zero-order chi connectivity index (χ0) is 13.7. The SMILES string of the molecule is CC(C)(C)O.CC(C)[Si](O)(C(C)C)C(C)C.O.O.[Zr]. The Balaban J connectivity index is -0.0000000717. The maximum absolute atomic E-state index is 10.4. The zero-order valence-corrected chi connectivity index (χ0v) is 17.6. The number of rotatable bonds is 3. The summed E-state index contributed by atoms with van der Waals surface area (Å²) in [5.74, 6) is 0. The summed E-state index contributed by atoms with van der Waals surface area (Å²) < 4.78 is 0. The van der Waals surface area contributed by atoms with Crippen molar-refractivity contribution in [1.29, 1.82) is 0 Å². The van der Waals surface area contributed by atoms with Gasteiger partial charge in [-0.2, -0.15) is 0 Å². The number of aliphatic hydroxyl groups is 1. The van der Waals surface area contributed by atoms with E-state index in [4.69, 9.17) is 5.11 Å². The van der Waals surface area contributed by atoms with Crippen molar-refractivity contribution in [2.24, 2.45) is 0 Å². The first kappa shape index (κ1) is 32.0. The molecule has 0 rings (SSSR count). The maximum atomic E-state index is 10.4. The van der Waals surface area contributed by atoms with Gasteiger partial charge in [0.2, 0.25) is 0 Å². The molecule has 0 aromatic rings. The van der Waals surface area contributed by atoms with Crippen LogP contribution in [0.4, 0.5) is 0 Å². The molecule has 0 saturated heterocycles. The van der Waals surface area contributed by atoms with Gasteiger partial charge < -0.3 is 20.9 Å². The number of hydrogen-bond donors (Lipinski definition) is 2. The predicted octanol–water partition coefficient (Wildman–Crippen LogP) is 2.28. The van der Waals surface area contributed by atoms with Crippen molar-refractivity contribution in [2.75, 3.05) is 0 Å². The van der Waals surface area contributed by atoms with Crippen LogP contribution < -0.4 is 0 Å². The molecular weight excluding hydrogens is 339 g/mol. The molecule has 0 aliphatic carbocycles. The van der Waals surface area contributed by atoms with Crippen LogP contribution in [0.5, 0.6) is 0 Å². The third kappa shape index (κ3) is 15.2. The van der Waals surface area contributed by atoms with Gasteiger partial charge in [-0.05, 0) is 37.4 Å². The van der Waals surface area contributed by atoms with Gasteiger partial charge in [0.1, 0.15) is 0 Å². The van der Waals surface area contributed by atoms with Crippen LogP contribution in [-0.2, 0) is 26.2 Å². The van der Waals surface area contributed by atoms with E-state index in [1.807, 2.05) is 0 Å². The smallest absolute Gasteiger partial charge is 0.196 e. The van der Waals surface area contributed by atoms with Gasteiger partial charge in [-0.1, -0.05) is 41.5 Å². The van der Waals surface area contributed by atoms with E-state index >= 15 is 0 Å². The fourth-order valence-electron chi connectivity index (χ4n) is 2.00. The molecule has 0 spiro atoms. The van der Waals surface area contributed by atoms with Crippen LogP contribution in [0.25, 0.3) is 0 Å². The van der Waals surface area contributed by atoms with Gasteiger partial charge in [-0.3, -0.25) is 0 Å². The summed E-state index contributed by atoms with van der Waals surface area (Å²) in [5.41, 5.74) is 0.924. The van der Waals surface area contributed by atoms with Crippen molar-refractivity contribution in [3.05, 3.63) is 0 Å². The molecule has 0 aromatic heterocycles. The number of hydrogen-bond acceptors (Lipinski definition) is 2. The Kier molecular flexibility index (Phi) is 21.4. The topological polar surface area (TPSA) is 103 Å². The van der Waals surface area contributed by atoms with Crippen molar-refractivity contribution >= 4 is 8.32 Å². The zero-order valence-electron chi connectivity index (χ0n) is 14.1. The fourth-order valence-corrected chi connectivity index (χ4v) is 6.00. The first-order valence-corrected chi connectivity index (χ1v) is 8.46. The normalized spacial score (nSPS) is 11.1. The van der Waals surface area contributed by atoms with Gasteiger partial charge in [0.15, 0.2) is 8.32 Å². The molecule has 0 amide bonds. The van der Waals surface area contributed by atoms with Crippen LogP contribution in [0.1, 0.15) is 62.3 Å². The molecule has 0 atom stereocenters. The largest absolute Gasteiger partial charge is 0.431 e. The summed E-state index contributed by atoms with van der Waals surface area (Å²) in [6, 6.07) is 0. The average Bonchev–Trinajstić information content (AvgIpc) is 1.98. The molecular formula is C13H36O4SiZr.